The van der Waals surface area contributed by atoms with Gasteiger partial charge in [0.15, 0.2) is 0 Å². The second-order valence-corrected chi connectivity index (χ2v) is 4.98. The van der Waals surface area contributed by atoms with Crippen molar-refractivity contribution in [1.29, 1.82) is 0 Å². The van der Waals surface area contributed by atoms with Gasteiger partial charge in [0.1, 0.15) is 0 Å². The molecule has 1 heterocycles. The maximum absolute atomic E-state index is 11.9. The first-order chi connectivity index (χ1) is 9.06. The van der Waals surface area contributed by atoms with Gasteiger partial charge in [0.25, 0.3) is 0 Å². The van der Waals surface area contributed by atoms with Crippen LogP contribution in [0.1, 0.15) is 28.1 Å². The Morgan fingerprint density at radius 3 is 2.53 bits per heavy atom. The first kappa shape index (κ1) is 13.4. The minimum absolute atomic E-state index is 0.0625. The van der Waals surface area contributed by atoms with Crippen LogP contribution >= 0.6 is 0 Å². The first-order valence-corrected chi connectivity index (χ1v) is 6.52. The lowest BCUT2D eigenvalue weighted by atomic mass is 10.1. The zero-order chi connectivity index (χ0) is 13.8. The lowest BCUT2D eigenvalue weighted by molar-refractivity contribution is -0.120. The lowest BCUT2D eigenvalue weighted by Gasteiger charge is -2.07. The average Bonchev–Trinajstić information content (AvgIpc) is 2.68. The number of carbonyl (C=O) groups excluding carboxylic acids is 1. The van der Waals surface area contributed by atoms with Crippen LogP contribution in [0.5, 0.6) is 0 Å². The van der Waals surface area contributed by atoms with E-state index in [9.17, 15) is 4.79 Å². The van der Waals surface area contributed by atoms with Gasteiger partial charge in [-0.05, 0) is 43.5 Å². The van der Waals surface area contributed by atoms with Crippen LogP contribution in [-0.2, 0) is 17.8 Å². The van der Waals surface area contributed by atoms with Crippen LogP contribution in [-0.4, -0.2) is 10.9 Å². The van der Waals surface area contributed by atoms with E-state index in [-0.39, 0.29) is 5.91 Å². The van der Waals surface area contributed by atoms with Gasteiger partial charge in [-0.1, -0.05) is 24.3 Å². The number of H-pyrrole nitrogens is 1. The molecule has 1 amide bonds. The Morgan fingerprint density at radius 2 is 1.89 bits per heavy atom. The third-order valence-electron chi connectivity index (χ3n) is 3.35. The van der Waals surface area contributed by atoms with Gasteiger partial charge in [0.05, 0.1) is 6.42 Å². The van der Waals surface area contributed by atoms with Gasteiger partial charge in [-0.25, -0.2) is 0 Å². The molecule has 0 bridgehead atoms. The summed E-state index contributed by atoms with van der Waals surface area (Å²) in [5, 5.41) is 2.97. The normalized spacial score (nSPS) is 10.5. The molecule has 2 aromatic rings. The number of aromatic nitrogens is 1. The molecule has 0 unspecified atom stereocenters. The standard InChI is InChI=1S/C16H20N2O/c1-11-6-4-5-7-14(11)9-16(19)17-10-15-8-12(2)18-13(15)3/h4-8,18H,9-10H2,1-3H3,(H,17,19). The molecule has 1 aromatic carbocycles. The molecule has 0 atom stereocenters. The number of amides is 1. The van der Waals surface area contributed by atoms with E-state index in [0.29, 0.717) is 13.0 Å². The molecule has 19 heavy (non-hydrogen) atoms. The van der Waals surface area contributed by atoms with Gasteiger partial charge < -0.3 is 10.3 Å². The van der Waals surface area contributed by atoms with Crippen LogP contribution in [0, 0.1) is 20.8 Å². The molecule has 2 N–H and O–H groups in total. The molecule has 0 aliphatic heterocycles. The minimum Gasteiger partial charge on any atom is -0.362 e. The second kappa shape index (κ2) is 5.74. The van der Waals surface area contributed by atoms with E-state index in [1.165, 1.54) is 0 Å². The number of aromatic amines is 1. The van der Waals surface area contributed by atoms with Crippen LogP contribution in [0.15, 0.2) is 30.3 Å². The number of nitrogens with one attached hydrogen (secondary N) is 2. The summed E-state index contributed by atoms with van der Waals surface area (Å²) in [4.78, 5) is 15.2. The van der Waals surface area contributed by atoms with Crippen molar-refractivity contribution in [2.75, 3.05) is 0 Å². The smallest absolute Gasteiger partial charge is 0.224 e. The van der Waals surface area contributed by atoms with Gasteiger partial charge in [0, 0.05) is 17.9 Å². The predicted molar refractivity (Wildman–Crippen MR) is 77.0 cm³/mol. The number of carbonyl (C=O) groups is 1. The molecular weight excluding hydrogens is 236 g/mol. The molecule has 0 aliphatic carbocycles. The van der Waals surface area contributed by atoms with E-state index in [1.807, 2.05) is 45.0 Å². The molecule has 3 nitrogen and oxygen atoms in total. The third-order valence-corrected chi connectivity index (χ3v) is 3.35. The highest BCUT2D eigenvalue weighted by atomic mass is 16.1. The summed E-state index contributed by atoms with van der Waals surface area (Å²) in [6.07, 6.45) is 0.440. The van der Waals surface area contributed by atoms with Crippen molar-refractivity contribution in [3.8, 4) is 0 Å². The Balaban J connectivity index is 1.92. The maximum atomic E-state index is 11.9. The molecule has 0 saturated heterocycles. The number of aryl methyl sites for hydroxylation is 3. The number of hydrogen-bond acceptors (Lipinski definition) is 1. The van der Waals surface area contributed by atoms with E-state index in [0.717, 1.165) is 28.1 Å². The molecule has 1 aromatic heterocycles. The number of benzene rings is 1. The van der Waals surface area contributed by atoms with Crippen LogP contribution in [0.2, 0.25) is 0 Å². The molecule has 100 valence electrons. The summed E-state index contributed by atoms with van der Waals surface area (Å²) in [6, 6.07) is 10.1. The second-order valence-electron chi connectivity index (χ2n) is 4.98. The van der Waals surface area contributed by atoms with Crippen molar-refractivity contribution in [2.24, 2.45) is 0 Å². The van der Waals surface area contributed by atoms with E-state index in [2.05, 4.69) is 16.4 Å². The highest BCUT2D eigenvalue weighted by Gasteiger charge is 2.07. The predicted octanol–water partition coefficient (Wildman–Crippen LogP) is 2.80. The Kier molecular flexibility index (Phi) is 4.05. The van der Waals surface area contributed by atoms with Crippen LogP contribution in [0.25, 0.3) is 0 Å². The monoisotopic (exact) mass is 256 g/mol. The number of hydrogen-bond donors (Lipinski definition) is 2. The molecule has 2 rings (SSSR count). The summed E-state index contributed by atoms with van der Waals surface area (Å²) in [5.41, 5.74) is 5.64. The van der Waals surface area contributed by atoms with Crippen molar-refractivity contribution in [3.63, 3.8) is 0 Å². The third kappa shape index (κ3) is 3.47. The topological polar surface area (TPSA) is 44.9 Å². The Labute approximate surface area is 114 Å². The Hall–Kier alpha value is -2.03. The van der Waals surface area contributed by atoms with Gasteiger partial charge in [-0.15, -0.1) is 0 Å². The molecule has 0 aliphatic rings. The fraction of sp³-hybridized carbons (Fsp3) is 0.312. The lowest BCUT2D eigenvalue weighted by Crippen LogP contribution is -2.24. The molecule has 0 radical (unpaired) electrons. The molecular formula is C16H20N2O. The molecule has 3 heteroatoms. The maximum Gasteiger partial charge on any atom is 0.224 e. The van der Waals surface area contributed by atoms with E-state index >= 15 is 0 Å². The summed E-state index contributed by atoms with van der Waals surface area (Å²) in [7, 11) is 0. The SMILES string of the molecule is Cc1cc(CNC(=O)Cc2ccccc2C)c(C)[nH]1. The summed E-state index contributed by atoms with van der Waals surface area (Å²) in [6.45, 7) is 6.66. The fourth-order valence-corrected chi connectivity index (χ4v) is 2.20. The summed E-state index contributed by atoms with van der Waals surface area (Å²) >= 11 is 0. The van der Waals surface area contributed by atoms with Gasteiger partial charge in [-0.3, -0.25) is 4.79 Å². The van der Waals surface area contributed by atoms with E-state index < -0.39 is 0 Å². The summed E-state index contributed by atoms with van der Waals surface area (Å²) < 4.78 is 0. The van der Waals surface area contributed by atoms with E-state index in [1.54, 1.807) is 0 Å². The Bertz CT molecular complexity index is 584. The summed E-state index contributed by atoms with van der Waals surface area (Å²) in [5.74, 6) is 0.0625. The van der Waals surface area contributed by atoms with Crippen molar-refractivity contribution < 1.29 is 4.79 Å². The van der Waals surface area contributed by atoms with Crippen molar-refractivity contribution in [1.82, 2.24) is 10.3 Å². The molecule has 0 fully saturated rings. The largest absolute Gasteiger partial charge is 0.362 e. The highest BCUT2D eigenvalue weighted by Crippen LogP contribution is 2.10. The van der Waals surface area contributed by atoms with Crippen LogP contribution in [0.4, 0.5) is 0 Å². The van der Waals surface area contributed by atoms with Crippen molar-refractivity contribution in [2.45, 2.75) is 33.7 Å². The minimum atomic E-state index is 0.0625. The zero-order valence-electron chi connectivity index (χ0n) is 11.7. The van der Waals surface area contributed by atoms with Crippen molar-refractivity contribution in [3.05, 3.63) is 58.4 Å². The average molecular weight is 256 g/mol. The van der Waals surface area contributed by atoms with E-state index in [4.69, 9.17) is 0 Å². The molecule has 0 spiro atoms. The van der Waals surface area contributed by atoms with Gasteiger partial charge in [0.2, 0.25) is 5.91 Å². The van der Waals surface area contributed by atoms with Gasteiger partial charge in [-0.2, -0.15) is 0 Å². The fourth-order valence-electron chi connectivity index (χ4n) is 2.20. The first-order valence-electron chi connectivity index (χ1n) is 6.52. The van der Waals surface area contributed by atoms with Crippen LogP contribution in [0.3, 0.4) is 0 Å². The van der Waals surface area contributed by atoms with Gasteiger partial charge >= 0.3 is 0 Å². The zero-order valence-corrected chi connectivity index (χ0v) is 11.7. The Morgan fingerprint density at radius 1 is 1.16 bits per heavy atom. The molecule has 0 saturated carbocycles. The van der Waals surface area contributed by atoms with Crippen LogP contribution < -0.4 is 5.32 Å². The van der Waals surface area contributed by atoms with Crippen molar-refractivity contribution >= 4 is 5.91 Å². The number of rotatable bonds is 4. The highest BCUT2D eigenvalue weighted by molar-refractivity contribution is 5.78. The quantitative estimate of drug-likeness (QED) is 0.868.